The minimum absolute atomic E-state index is 0.112. The third-order valence-electron chi connectivity index (χ3n) is 3.00. The van der Waals surface area contributed by atoms with Gasteiger partial charge >= 0.3 is 0 Å². The van der Waals surface area contributed by atoms with Crippen molar-refractivity contribution in [2.75, 3.05) is 13.2 Å². The van der Waals surface area contributed by atoms with Crippen molar-refractivity contribution in [3.05, 3.63) is 54.0 Å². The molecule has 0 radical (unpaired) electrons. The molecule has 1 heterocycles. The van der Waals surface area contributed by atoms with Crippen molar-refractivity contribution in [3.63, 3.8) is 0 Å². The summed E-state index contributed by atoms with van der Waals surface area (Å²) in [6.45, 7) is 5.79. The highest BCUT2D eigenvalue weighted by Gasteiger charge is 2.18. The van der Waals surface area contributed by atoms with Gasteiger partial charge in [0.15, 0.2) is 0 Å². The zero-order chi connectivity index (χ0) is 13.5. The summed E-state index contributed by atoms with van der Waals surface area (Å²) >= 11 is 0. The molecule has 19 heavy (non-hydrogen) atoms. The fourth-order valence-corrected chi connectivity index (χ4v) is 2.14. The van der Waals surface area contributed by atoms with Crippen LogP contribution in [0.5, 0.6) is 5.75 Å². The minimum atomic E-state index is 0.112. The summed E-state index contributed by atoms with van der Waals surface area (Å²) in [6.07, 6.45) is 4.58. The average Bonchev–Trinajstić information content (AvgIpc) is 2.95. The molecule has 1 unspecified atom stereocenters. The van der Waals surface area contributed by atoms with Gasteiger partial charge < -0.3 is 14.5 Å². The molecule has 3 heteroatoms. The van der Waals surface area contributed by atoms with Crippen LogP contribution in [-0.4, -0.2) is 13.2 Å². The van der Waals surface area contributed by atoms with E-state index >= 15 is 0 Å². The van der Waals surface area contributed by atoms with E-state index in [1.165, 1.54) is 0 Å². The van der Waals surface area contributed by atoms with Gasteiger partial charge in [-0.1, -0.05) is 25.1 Å². The highest BCUT2D eigenvalue weighted by atomic mass is 16.5. The number of rotatable bonds is 7. The number of hydrogen-bond acceptors (Lipinski definition) is 3. The van der Waals surface area contributed by atoms with Crippen LogP contribution in [0.25, 0.3) is 0 Å². The molecule has 1 aromatic heterocycles. The molecule has 0 saturated carbocycles. The summed E-state index contributed by atoms with van der Waals surface area (Å²) in [6, 6.07) is 10.3. The molecule has 3 nitrogen and oxygen atoms in total. The molecule has 0 fully saturated rings. The van der Waals surface area contributed by atoms with E-state index in [4.69, 9.17) is 9.15 Å². The maximum absolute atomic E-state index is 5.73. The van der Waals surface area contributed by atoms with Crippen molar-refractivity contribution in [2.24, 2.45) is 0 Å². The maximum Gasteiger partial charge on any atom is 0.124 e. The Morgan fingerprint density at radius 1 is 1.21 bits per heavy atom. The summed E-state index contributed by atoms with van der Waals surface area (Å²) in [5.41, 5.74) is 2.28. The predicted molar refractivity (Wildman–Crippen MR) is 76.5 cm³/mol. The Morgan fingerprint density at radius 3 is 2.74 bits per heavy atom. The maximum atomic E-state index is 5.73. The van der Waals surface area contributed by atoms with Gasteiger partial charge in [-0.05, 0) is 32.0 Å². The van der Waals surface area contributed by atoms with E-state index in [2.05, 4.69) is 18.3 Å². The second-order valence-electron chi connectivity index (χ2n) is 4.41. The molecule has 0 spiro atoms. The first-order chi connectivity index (χ1) is 9.36. The third kappa shape index (κ3) is 3.38. The Bertz CT molecular complexity index is 479. The zero-order valence-corrected chi connectivity index (χ0v) is 11.6. The lowest BCUT2D eigenvalue weighted by Gasteiger charge is -2.20. The molecule has 0 amide bonds. The van der Waals surface area contributed by atoms with E-state index in [1.54, 1.807) is 12.5 Å². The van der Waals surface area contributed by atoms with Gasteiger partial charge in [-0.15, -0.1) is 0 Å². The van der Waals surface area contributed by atoms with Gasteiger partial charge in [0.25, 0.3) is 0 Å². The number of ether oxygens (including phenoxy) is 1. The van der Waals surface area contributed by atoms with Crippen LogP contribution in [0.15, 0.2) is 47.3 Å². The van der Waals surface area contributed by atoms with Gasteiger partial charge in [0.1, 0.15) is 5.75 Å². The van der Waals surface area contributed by atoms with Crippen LogP contribution < -0.4 is 10.1 Å². The molecular weight excluding hydrogens is 238 g/mol. The molecule has 0 bridgehead atoms. The summed E-state index contributed by atoms with van der Waals surface area (Å²) < 4.78 is 10.9. The van der Waals surface area contributed by atoms with Crippen molar-refractivity contribution < 1.29 is 9.15 Å². The van der Waals surface area contributed by atoms with Gasteiger partial charge in [-0.3, -0.25) is 0 Å². The second-order valence-corrected chi connectivity index (χ2v) is 4.41. The van der Waals surface area contributed by atoms with Crippen LogP contribution >= 0.6 is 0 Å². The molecule has 2 rings (SSSR count). The minimum Gasteiger partial charge on any atom is -0.494 e. The Kier molecular flexibility index (Phi) is 5.04. The highest BCUT2D eigenvalue weighted by molar-refractivity contribution is 5.40. The van der Waals surface area contributed by atoms with Gasteiger partial charge in [0.05, 0.1) is 25.2 Å². The fourth-order valence-electron chi connectivity index (χ4n) is 2.14. The quantitative estimate of drug-likeness (QED) is 0.822. The topological polar surface area (TPSA) is 34.4 Å². The largest absolute Gasteiger partial charge is 0.494 e. The first-order valence-corrected chi connectivity index (χ1v) is 6.84. The molecule has 0 saturated heterocycles. The van der Waals surface area contributed by atoms with Crippen molar-refractivity contribution in [2.45, 2.75) is 26.3 Å². The molecule has 0 aliphatic rings. The SMILES string of the molecule is CCCNC(c1ccoc1)c1ccccc1OCC. The Morgan fingerprint density at radius 2 is 2.05 bits per heavy atom. The second kappa shape index (κ2) is 7.00. The first kappa shape index (κ1) is 13.7. The summed E-state index contributed by atoms with van der Waals surface area (Å²) in [5, 5.41) is 3.55. The number of furan rings is 1. The summed E-state index contributed by atoms with van der Waals surface area (Å²) in [5.74, 6) is 0.930. The van der Waals surface area contributed by atoms with E-state index in [9.17, 15) is 0 Å². The molecule has 0 aliphatic carbocycles. The third-order valence-corrected chi connectivity index (χ3v) is 3.00. The molecule has 0 aliphatic heterocycles. The van der Waals surface area contributed by atoms with Gasteiger partial charge in [0.2, 0.25) is 0 Å². The lowest BCUT2D eigenvalue weighted by atomic mass is 10.00. The molecular formula is C16H21NO2. The lowest BCUT2D eigenvalue weighted by molar-refractivity contribution is 0.333. The predicted octanol–water partition coefficient (Wildman–Crippen LogP) is 3.77. The fraction of sp³-hybridized carbons (Fsp3) is 0.375. The van der Waals surface area contributed by atoms with Crippen LogP contribution in [0.1, 0.15) is 37.4 Å². The van der Waals surface area contributed by atoms with Gasteiger partial charge in [-0.25, -0.2) is 0 Å². The van der Waals surface area contributed by atoms with Crippen molar-refractivity contribution >= 4 is 0 Å². The van der Waals surface area contributed by atoms with E-state index in [0.29, 0.717) is 6.61 Å². The van der Waals surface area contributed by atoms with E-state index in [-0.39, 0.29) is 6.04 Å². The summed E-state index contributed by atoms with van der Waals surface area (Å²) in [4.78, 5) is 0. The first-order valence-electron chi connectivity index (χ1n) is 6.84. The van der Waals surface area contributed by atoms with Crippen LogP contribution in [-0.2, 0) is 0 Å². The van der Waals surface area contributed by atoms with E-state index in [1.807, 2.05) is 31.2 Å². The van der Waals surface area contributed by atoms with Crippen molar-refractivity contribution in [3.8, 4) is 5.75 Å². The number of nitrogens with one attached hydrogen (secondary N) is 1. The molecule has 102 valence electrons. The van der Waals surface area contributed by atoms with Crippen LogP contribution in [0.4, 0.5) is 0 Å². The highest BCUT2D eigenvalue weighted by Crippen LogP contribution is 2.30. The van der Waals surface area contributed by atoms with Crippen LogP contribution in [0, 0.1) is 0 Å². The standard InChI is InChI=1S/C16H21NO2/c1-3-10-17-16(13-9-11-18-12-13)14-7-5-6-8-15(14)19-4-2/h5-9,11-12,16-17H,3-4,10H2,1-2H3. The Balaban J connectivity index is 2.32. The van der Waals surface area contributed by atoms with Crippen molar-refractivity contribution in [1.82, 2.24) is 5.32 Å². The summed E-state index contributed by atoms with van der Waals surface area (Å²) in [7, 11) is 0. The number of para-hydroxylation sites is 1. The lowest BCUT2D eigenvalue weighted by Crippen LogP contribution is -2.23. The Labute approximate surface area is 114 Å². The van der Waals surface area contributed by atoms with Crippen molar-refractivity contribution in [1.29, 1.82) is 0 Å². The van der Waals surface area contributed by atoms with Crippen LogP contribution in [0.3, 0.4) is 0 Å². The monoisotopic (exact) mass is 259 g/mol. The average molecular weight is 259 g/mol. The van der Waals surface area contributed by atoms with E-state index < -0.39 is 0 Å². The van der Waals surface area contributed by atoms with E-state index in [0.717, 1.165) is 29.8 Å². The Hall–Kier alpha value is -1.74. The number of benzene rings is 1. The smallest absolute Gasteiger partial charge is 0.124 e. The molecule has 1 atom stereocenters. The van der Waals surface area contributed by atoms with Crippen LogP contribution in [0.2, 0.25) is 0 Å². The molecule has 1 aromatic carbocycles. The molecule has 1 N–H and O–H groups in total. The van der Waals surface area contributed by atoms with Gasteiger partial charge in [0, 0.05) is 11.1 Å². The normalized spacial score (nSPS) is 12.3. The van der Waals surface area contributed by atoms with Gasteiger partial charge in [-0.2, -0.15) is 0 Å². The molecule has 2 aromatic rings. The number of hydrogen-bond donors (Lipinski definition) is 1. The zero-order valence-electron chi connectivity index (χ0n) is 11.6.